The number of ether oxygens (including phenoxy) is 3. The lowest BCUT2D eigenvalue weighted by atomic mass is 9.81. The molecule has 20 heavy (non-hydrogen) atoms. The average molecular weight is 279 g/mol. The highest BCUT2D eigenvalue weighted by Crippen LogP contribution is 2.41. The summed E-state index contributed by atoms with van der Waals surface area (Å²) in [4.78, 5) is 0. The van der Waals surface area contributed by atoms with Gasteiger partial charge in [-0.3, -0.25) is 0 Å². The Kier molecular flexibility index (Phi) is 5.12. The summed E-state index contributed by atoms with van der Waals surface area (Å²) in [6, 6.07) is 3.80. The number of nitrogens with two attached hydrogens (primary N) is 1. The van der Waals surface area contributed by atoms with E-state index in [9.17, 15) is 0 Å². The van der Waals surface area contributed by atoms with Crippen LogP contribution in [0.15, 0.2) is 12.1 Å². The van der Waals surface area contributed by atoms with Crippen molar-refractivity contribution in [3.05, 3.63) is 17.7 Å². The number of methoxy groups -OCH3 is 3. The molecule has 1 aromatic carbocycles. The lowest BCUT2D eigenvalue weighted by Gasteiger charge is -2.29. The number of hydrogen-bond donors (Lipinski definition) is 1. The van der Waals surface area contributed by atoms with E-state index in [1.165, 1.54) is 32.1 Å². The molecule has 1 aliphatic rings. The Labute approximate surface area is 121 Å². The van der Waals surface area contributed by atoms with Crippen molar-refractivity contribution in [1.82, 2.24) is 0 Å². The first-order chi connectivity index (χ1) is 9.71. The van der Waals surface area contributed by atoms with Crippen LogP contribution in [0.4, 0.5) is 0 Å². The van der Waals surface area contributed by atoms with Gasteiger partial charge in [0.1, 0.15) is 5.75 Å². The van der Waals surface area contributed by atoms with Crippen LogP contribution < -0.4 is 19.9 Å². The molecule has 0 spiro atoms. The fourth-order valence-corrected chi connectivity index (χ4v) is 3.06. The summed E-state index contributed by atoms with van der Waals surface area (Å²) in [7, 11) is 4.93. The van der Waals surface area contributed by atoms with Gasteiger partial charge in [0.2, 0.25) is 0 Å². The second-order valence-electron chi connectivity index (χ2n) is 5.37. The molecule has 0 bridgehead atoms. The van der Waals surface area contributed by atoms with Gasteiger partial charge in [0, 0.05) is 17.7 Å². The fraction of sp³-hybridized carbons (Fsp3) is 0.625. The zero-order valence-electron chi connectivity index (χ0n) is 12.6. The van der Waals surface area contributed by atoms with Crippen molar-refractivity contribution in [2.24, 2.45) is 11.7 Å². The molecular formula is C16H25NO3. The Bertz CT molecular complexity index is 442. The Morgan fingerprint density at radius 1 is 0.900 bits per heavy atom. The van der Waals surface area contributed by atoms with E-state index >= 15 is 0 Å². The molecule has 1 atom stereocenters. The summed E-state index contributed by atoms with van der Waals surface area (Å²) in [5, 5.41) is 0. The van der Waals surface area contributed by atoms with Crippen LogP contribution in [-0.2, 0) is 0 Å². The highest BCUT2D eigenvalue weighted by molar-refractivity contribution is 5.51. The Balaban J connectivity index is 2.32. The quantitative estimate of drug-likeness (QED) is 0.898. The van der Waals surface area contributed by atoms with E-state index in [4.69, 9.17) is 19.9 Å². The zero-order valence-corrected chi connectivity index (χ0v) is 12.6. The number of benzene rings is 1. The smallest absolute Gasteiger partial charge is 0.164 e. The summed E-state index contributed by atoms with van der Waals surface area (Å²) in [5.41, 5.74) is 7.50. The summed E-state index contributed by atoms with van der Waals surface area (Å²) in [6.07, 6.45) is 6.26. The van der Waals surface area contributed by atoms with Gasteiger partial charge in [0.25, 0.3) is 0 Å². The van der Waals surface area contributed by atoms with E-state index < -0.39 is 0 Å². The molecule has 1 saturated carbocycles. The summed E-state index contributed by atoms with van der Waals surface area (Å²) in [5.74, 6) is 2.68. The molecule has 0 saturated heterocycles. The molecule has 4 nitrogen and oxygen atoms in total. The predicted molar refractivity (Wildman–Crippen MR) is 79.6 cm³/mol. The molecule has 0 aliphatic heterocycles. The van der Waals surface area contributed by atoms with E-state index in [2.05, 4.69) is 0 Å². The second-order valence-corrected chi connectivity index (χ2v) is 5.37. The van der Waals surface area contributed by atoms with Crippen LogP contribution in [0, 0.1) is 5.92 Å². The molecule has 0 aromatic heterocycles. The van der Waals surface area contributed by atoms with Crippen LogP contribution >= 0.6 is 0 Å². The molecule has 0 unspecified atom stereocenters. The lowest BCUT2D eigenvalue weighted by Crippen LogP contribution is -2.24. The third-order valence-electron chi connectivity index (χ3n) is 4.25. The summed E-state index contributed by atoms with van der Waals surface area (Å²) >= 11 is 0. The summed E-state index contributed by atoms with van der Waals surface area (Å²) < 4.78 is 16.2. The van der Waals surface area contributed by atoms with Crippen molar-refractivity contribution in [1.29, 1.82) is 0 Å². The molecule has 2 rings (SSSR count). The van der Waals surface area contributed by atoms with Crippen molar-refractivity contribution in [3.8, 4) is 17.2 Å². The molecular weight excluding hydrogens is 254 g/mol. The molecule has 0 heterocycles. The van der Waals surface area contributed by atoms with Crippen molar-refractivity contribution in [2.75, 3.05) is 21.3 Å². The van der Waals surface area contributed by atoms with Crippen LogP contribution in [0.2, 0.25) is 0 Å². The molecule has 1 fully saturated rings. The largest absolute Gasteiger partial charge is 0.496 e. The van der Waals surface area contributed by atoms with Gasteiger partial charge in [0.15, 0.2) is 11.5 Å². The standard InChI is InChI=1S/C16H25NO3/c1-18-13-10-15(20-3)14(19-2)9-12(13)16(17)11-7-5-4-6-8-11/h9-11,16H,4-8,17H2,1-3H3/t16-/m0/s1. The third-order valence-corrected chi connectivity index (χ3v) is 4.25. The highest BCUT2D eigenvalue weighted by Gasteiger charge is 2.25. The monoisotopic (exact) mass is 279 g/mol. The first kappa shape index (κ1) is 15.0. The molecule has 4 heteroatoms. The van der Waals surface area contributed by atoms with Crippen molar-refractivity contribution >= 4 is 0 Å². The molecule has 2 N–H and O–H groups in total. The Hall–Kier alpha value is -1.42. The summed E-state index contributed by atoms with van der Waals surface area (Å²) in [6.45, 7) is 0. The Morgan fingerprint density at radius 2 is 1.45 bits per heavy atom. The van der Waals surface area contributed by atoms with Crippen molar-refractivity contribution < 1.29 is 14.2 Å². The van der Waals surface area contributed by atoms with Crippen molar-refractivity contribution in [3.63, 3.8) is 0 Å². The topological polar surface area (TPSA) is 53.7 Å². The minimum Gasteiger partial charge on any atom is -0.496 e. The highest BCUT2D eigenvalue weighted by atomic mass is 16.5. The van der Waals surface area contributed by atoms with Crippen LogP contribution in [0.3, 0.4) is 0 Å². The molecule has 0 amide bonds. The lowest BCUT2D eigenvalue weighted by molar-refractivity contribution is 0.298. The van der Waals surface area contributed by atoms with Crippen LogP contribution in [0.5, 0.6) is 17.2 Å². The predicted octanol–water partition coefficient (Wildman–Crippen LogP) is 3.29. The fourth-order valence-electron chi connectivity index (χ4n) is 3.06. The third kappa shape index (κ3) is 3.01. The van der Waals surface area contributed by atoms with Gasteiger partial charge in [-0.2, -0.15) is 0 Å². The SMILES string of the molecule is COc1cc(OC)c([C@@H](N)C2CCCCC2)cc1OC. The number of rotatable bonds is 5. The molecule has 0 radical (unpaired) electrons. The Morgan fingerprint density at radius 3 is 2.00 bits per heavy atom. The van der Waals surface area contributed by atoms with Gasteiger partial charge in [-0.15, -0.1) is 0 Å². The molecule has 112 valence electrons. The van der Waals surface area contributed by atoms with E-state index in [-0.39, 0.29) is 6.04 Å². The van der Waals surface area contributed by atoms with Gasteiger partial charge < -0.3 is 19.9 Å². The molecule has 1 aromatic rings. The van der Waals surface area contributed by atoms with Crippen LogP contribution in [-0.4, -0.2) is 21.3 Å². The first-order valence-corrected chi connectivity index (χ1v) is 7.26. The van der Waals surface area contributed by atoms with Crippen molar-refractivity contribution in [2.45, 2.75) is 38.1 Å². The van der Waals surface area contributed by atoms with Gasteiger partial charge in [-0.1, -0.05) is 19.3 Å². The average Bonchev–Trinajstić information content (AvgIpc) is 2.53. The maximum atomic E-state index is 6.48. The minimum atomic E-state index is -0.00921. The van der Waals surface area contributed by atoms with E-state index in [0.29, 0.717) is 17.4 Å². The van der Waals surface area contributed by atoms with Crippen LogP contribution in [0.25, 0.3) is 0 Å². The van der Waals surface area contributed by atoms with Gasteiger partial charge in [0.05, 0.1) is 21.3 Å². The van der Waals surface area contributed by atoms with Gasteiger partial charge >= 0.3 is 0 Å². The minimum absolute atomic E-state index is 0.00921. The maximum absolute atomic E-state index is 6.48. The normalized spacial score (nSPS) is 17.6. The maximum Gasteiger partial charge on any atom is 0.164 e. The zero-order chi connectivity index (χ0) is 14.5. The van der Waals surface area contributed by atoms with E-state index in [1.54, 1.807) is 21.3 Å². The van der Waals surface area contributed by atoms with Crippen LogP contribution in [0.1, 0.15) is 43.7 Å². The van der Waals surface area contributed by atoms with E-state index in [0.717, 1.165) is 11.3 Å². The first-order valence-electron chi connectivity index (χ1n) is 7.26. The number of hydrogen-bond acceptors (Lipinski definition) is 4. The van der Waals surface area contributed by atoms with E-state index in [1.807, 2.05) is 12.1 Å². The molecule has 1 aliphatic carbocycles. The second kappa shape index (κ2) is 6.84. The van der Waals surface area contributed by atoms with Gasteiger partial charge in [-0.25, -0.2) is 0 Å². The van der Waals surface area contributed by atoms with Gasteiger partial charge in [-0.05, 0) is 24.8 Å².